The number of nitrogen functional groups attached to an aromatic ring is 1. The standard InChI is InChI=1S/C13H14FN3O3/c1-6-5-16-12(20-6)7(2)17-9-4-3-8(14)11(15)10(9)13(18)19/h3-5,7,17H,15H2,1-2H3,(H,18,19). The van der Waals surface area contributed by atoms with Crippen LogP contribution in [0.1, 0.15) is 35.0 Å². The van der Waals surface area contributed by atoms with Gasteiger partial charge in [0.05, 0.1) is 17.6 Å². The van der Waals surface area contributed by atoms with Gasteiger partial charge in [-0.2, -0.15) is 0 Å². The smallest absolute Gasteiger partial charge is 0.340 e. The normalized spacial score (nSPS) is 12.2. The fourth-order valence-electron chi connectivity index (χ4n) is 1.81. The summed E-state index contributed by atoms with van der Waals surface area (Å²) >= 11 is 0. The molecule has 1 heterocycles. The minimum absolute atomic E-state index is 0.208. The highest BCUT2D eigenvalue weighted by atomic mass is 19.1. The third kappa shape index (κ3) is 2.56. The Kier molecular flexibility index (Phi) is 3.60. The third-order valence-electron chi connectivity index (χ3n) is 2.79. The van der Waals surface area contributed by atoms with Crippen molar-refractivity contribution < 1.29 is 18.7 Å². The molecule has 1 unspecified atom stereocenters. The summed E-state index contributed by atoms with van der Waals surface area (Å²) in [5.74, 6) is -1.03. The summed E-state index contributed by atoms with van der Waals surface area (Å²) < 4.78 is 18.7. The van der Waals surface area contributed by atoms with Crippen molar-refractivity contribution >= 4 is 17.3 Å². The van der Waals surface area contributed by atoms with Crippen molar-refractivity contribution in [1.82, 2.24) is 4.98 Å². The number of oxazole rings is 1. The van der Waals surface area contributed by atoms with Gasteiger partial charge in [-0.05, 0) is 26.0 Å². The molecule has 2 aromatic rings. The van der Waals surface area contributed by atoms with Gasteiger partial charge in [0.1, 0.15) is 23.2 Å². The molecule has 106 valence electrons. The minimum Gasteiger partial charge on any atom is -0.478 e. The predicted octanol–water partition coefficient (Wildman–Crippen LogP) is 2.58. The molecule has 0 amide bonds. The number of nitrogens with two attached hydrogens (primary N) is 1. The molecule has 0 saturated heterocycles. The molecular formula is C13H14FN3O3. The van der Waals surface area contributed by atoms with Crippen molar-refractivity contribution in [2.75, 3.05) is 11.1 Å². The molecule has 20 heavy (non-hydrogen) atoms. The Bertz CT molecular complexity index is 654. The zero-order valence-electron chi connectivity index (χ0n) is 11.0. The summed E-state index contributed by atoms with van der Waals surface area (Å²) in [5, 5.41) is 12.0. The number of benzene rings is 1. The zero-order chi connectivity index (χ0) is 14.9. The van der Waals surface area contributed by atoms with Crippen LogP contribution in [0.3, 0.4) is 0 Å². The molecule has 0 radical (unpaired) electrons. The number of nitrogens with zero attached hydrogens (tertiary/aromatic N) is 1. The van der Waals surface area contributed by atoms with E-state index in [-0.39, 0.29) is 17.3 Å². The van der Waals surface area contributed by atoms with Crippen LogP contribution in [0.2, 0.25) is 0 Å². The Morgan fingerprint density at radius 1 is 1.55 bits per heavy atom. The predicted molar refractivity (Wildman–Crippen MR) is 71.0 cm³/mol. The molecule has 2 rings (SSSR count). The summed E-state index contributed by atoms with van der Waals surface area (Å²) in [7, 11) is 0. The van der Waals surface area contributed by atoms with Crippen LogP contribution in [-0.4, -0.2) is 16.1 Å². The van der Waals surface area contributed by atoms with E-state index in [0.717, 1.165) is 6.07 Å². The fraction of sp³-hybridized carbons (Fsp3) is 0.231. The Morgan fingerprint density at radius 3 is 2.80 bits per heavy atom. The second-order valence-corrected chi connectivity index (χ2v) is 4.36. The van der Waals surface area contributed by atoms with Gasteiger partial charge in [0.2, 0.25) is 5.89 Å². The Balaban J connectivity index is 2.34. The maximum Gasteiger partial charge on any atom is 0.340 e. The van der Waals surface area contributed by atoms with Crippen LogP contribution in [0.4, 0.5) is 15.8 Å². The first-order chi connectivity index (χ1) is 9.40. The lowest BCUT2D eigenvalue weighted by Gasteiger charge is -2.15. The van der Waals surface area contributed by atoms with Gasteiger partial charge in [0.25, 0.3) is 0 Å². The molecule has 0 fully saturated rings. The van der Waals surface area contributed by atoms with Gasteiger partial charge in [-0.15, -0.1) is 0 Å². The van der Waals surface area contributed by atoms with Crippen LogP contribution in [0.5, 0.6) is 0 Å². The summed E-state index contributed by atoms with van der Waals surface area (Å²) in [6.45, 7) is 3.50. The molecule has 0 aliphatic rings. The quantitative estimate of drug-likeness (QED) is 0.743. The molecule has 1 aromatic carbocycles. The lowest BCUT2D eigenvalue weighted by Crippen LogP contribution is -2.13. The molecule has 7 heteroatoms. The summed E-state index contributed by atoms with van der Waals surface area (Å²) in [6.07, 6.45) is 1.56. The number of rotatable bonds is 4. The van der Waals surface area contributed by atoms with E-state index in [1.165, 1.54) is 6.07 Å². The molecule has 6 nitrogen and oxygen atoms in total. The number of carboxylic acid groups (broad SMARTS) is 1. The minimum atomic E-state index is -1.31. The first-order valence-corrected chi connectivity index (χ1v) is 5.90. The summed E-state index contributed by atoms with van der Waals surface area (Å²) in [4.78, 5) is 15.2. The highest BCUT2D eigenvalue weighted by Gasteiger charge is 2.20. The molecule has 1 atom stereocenters. The van der Waals surface area contributed by atoms with Crippen LogP contribution in [-0.2, 0) is 0 Å². The third-order valence-corrected chi connectivity index (χ3v) is 2.79. The van der Waals surface area contributed by atoms with Crippen LogP contribution in [0, 0.1) is 12.7 Å². The number of carboxylic acids is 1. The van der Waals surface area contributed by atoms with Gasteiger partial charge < -0.3 is 20.6 Å². The number of hydrogen-bond donors (Lipinski definition) is 3. The molecule has 0 aliphatic carbocycles. The van der Waals surface area contributed by atoms with Crippen molar-refractivity contribution in [1.29, 1.82) is 0 Å². The van der Waals surface area contributed by atoms with E-state index in [1.807, 2.05) is 0 Å². The van der Waals surface area contributed by atoms with Gasteiger partial charge in [-0.1, -0.05) is 0 Å². The van der Waals surface area contributed by atoms with Crippen LogP contribution < -0.4 is 11.1 Å². The summed E-state index contributed by atoms with van der Waals surface area (Å²) in [5.41, 5.74) is 4.97. The van der Waals surface area contributed by atoms with Crippen molar-refractivity contribution in [2.45, 2.75) is 19.9 Å². The van der Waals surface area contributed by atoms with E-state index >= 15 is 0 Å². The molecular weight excluding hydrogens is 265 g/mol. The highest BCUT2D eigenvalue weighted by molar-refractivity contribution is 6.00. The van der Waals surface area contributed by atoms with Crippen LogP contribution in [0.25, 0.3) is 0 Å². The maximum atomic E-state index is 13.3. The van der Waals surface area contributed by atoms with Crippen LogP contribution in [0.15, 0.2) is 22.7 Å². The Morgan fingerprint density at radius 2 is 2.25 bits per heavy atom. The average Bonchev–Trinajstić information content (AvgIpc) is 2.80. The fourth-order valence-corrected chi connectivity index (χ4v) is 1.81. The number of hydrogen-bond acceptors (Lipinski definition) is 5. The number of halogens is 1. The van der Waals surface area contributed by atoms with E-state index in [9.17, 15) is 9.18 Å². The maximum absolute atomic E-state index is 13.3. The van der Waals surface area contributed by atoms with Crippen molar-refractivity contribution in [2.24, 2.45) is 0 Å². The molecule has 4 N–H and O–H groups in total. The van der Waals surface area contributed by atoms with Gasteiger partial charge in [-0.3, -0.25) is 0 Å². The van der Waals surface area contributed by atoms with Gasteiger partial charge in [-0.25, -0.2) is 14.2 Å². The van der Waals surface area contributed by atoms with E-state index in [1.54, 1.807) is 20.0 Å². The number of aryl methyl sites for hydroxylation is 1. The second kappa shape index (κ2) is 5.20. The van der Waals surface area contributed by atoms with E-state index < -0.39 is 17.5 Å². The monoisotopic (exact) mass is 279 g/mol. The van der Waals surface area contributed by atoms with Gasteiger partial charge in [0.15, 0.2) is 0 Å². The second-order valence-electron chi connectivity index (χ2n) is 4.36. The Labute approximate surface area is 114 Å². The number of aromatic nitrogens is 1. The molecule has 0 bridgehead atoms. The van der Waals surface area contributed by atoms with E-state index in [0.29, 0.717) is 11.7 Å². The van der Waals surface area contributed by atoms with Gasteiger partial charge >= 0.3 is 5.97 Å². The number of anilines is 2. The van der Waals surface area contributed by atoms with Crippen molar-refractivity contribution in [3.8, 4) is 0 Å². The first-order valence-electron chi connectivity index (χ1n) is 5.90. The molecule has 0 saturated carbocycles. The van der Waals surface area contributed by atoms with Crippen molar-refractivity contribution in [3.63, 3.8) is 0 Å². The summed E-state index contributed by atoms with van der Waals surface area (Å²) in [6, 6.07) is 2.05. The zero-order valence-corrected chi connectivity index (χ0v) is 11.0. The van der Waals surface area contributed by atoms with Crippen molar-refractivity contribution in [3.05, 3.63) is 41.4 Å². The number of nitrogens with one attached hydrogen (secondary N) is 1. The van der Waals surface area contributed by atoms with Crippen LogP contribution >= 0.6 is 0 Å². The van der Waals surface area contributed by atoms with E-state index in [2.05, 4.69) is 10.3 Å². The first kappa shape index (κ1) is 13.9. The highest BCUT2D eigenvalue weighted by Crippen LogP contribution is 2.28. The lowest BCUT2D eigenvalue weighted by atomic mass is 10.1. The average molecular weight is 279 g/mol. The van der Waals surface area contributed by atoms with E-state index in [4.69, 9.17) is 15.3 Å². The number of carbonyl (C=O) groups is 1. The lowest BCUT2D eigenvalue weighted by molar-refractivity contribution is 0.0698. The molecule has 1 aromatic heterocycles. The van der Waals surface area contributed by atoms with Gasteiger partial charge in [0, 0.05) is 0 Å². The molecule has 0 aliphatic heterocycles. The SMILES string of the molecule is Cc1cnc(C(C)Nc2ccc(F)c(N)c2C(=O)O)o1. The Hall–Kier alpha value is -2.57. The largest absolute Gasteiger partial charge is 0.478 e. The molecule has 0 spiro atoms. The topological polar surface area (TPSA) is 101 Å². The number of aromatic carboxylic acids is 1.